The lowest BCUT2D eigenvalue weighted by Gasteiger charge is -2.10. The number of nitrogens with zero attached hydrogens (tertiary/aromatic N) is 1. The first-order valence-corrected chi connectivity index (χ1v) is 4.87. The second-order valence-corrected chi connectivity index (χ2v) is 3.44. The number of hydrogen-bond donors (Lipinski definition) is 3. The van der Waals surface area contributed by atoms with E-state index in [9.17, 15) is 4.79 Å². The fourth-order valence-corrected chi connectivity index (χ4v) is 1.63. The minimum Gasteiger partial charge on any atom is -0.364 e. The highest BCUT2D eigenvalue weighted by molar-refractivity contribution is 5.30. The molecule has 1 aliphatic heterocycles. The van der Waals surface area contributed by atoms with Crippen molar-refractivity contribution < 1.29 is 0 Å². The Morgan fingerprint density at radius 2 is 2.57 bits per heavy atom. The Hall–Kier alpha value is -1.36. The molecule has 0 aliphatic carbocycles. The van der Waals surface area contributed by atoms with E-state index in [0.29, 0.717) is 11.9 Å². The number of anilines is 1. The molecule has 5 nitrogen and oxygen atoms in total. The van der Waals surface area contributed by atoms with E-state index >= 15 is 0 Å². The van der Waals surface area contributed by atoms with Gasteiger partial charge in [0.2, 0.25) is 0 Å². The first-order valence-electron chi connectivity index (χ1n) is 4.87. The van der Waals surface area contributed by atoms with E-state index in [1.165, 1.54) is 12.6 Å². The van der Waals surface area contributed by atoms with Gasteiger partial charge in [-0.1, -0.05) is 0 Å². The van der Waals surface area contributed by atoms with Crippen LogP contribution >= 0.6 is 0 Å². The molecule has 76 valence electrons. The summed E-state index contributed by atoms with van der Waals surface area (Å²) in [5.41, 5.74) is -0.162. The van der Waals surface area contributed by atoms with Gasteiger partial charge in [-0.05, 0) is 19.4 Å². The van der Waals surface area contributed by atoms with Crippen LogP contribution in [0.2, 0.25) is 0 Å². The van der Waals surface area contributed by atoms with Crippen molar-refractivity contribution in [3.63, 3.8) is 0 Å². The maximum absolute atomic E-state index is 11.2. The highest BCUT2D eigenvalue weighted by Crippen LogP contribution is 2.04. The van der Waals surface area contributed by atoms with Crippen molar-refractivity contribution in [1.82, 2.24) is 15.3 Å². The van der Waals surface area contributed by atoms with Crippen molar-refractivity contribution in [3.8, 4) is 0 Å². The average Bonchev–Trinajstić information content (AvgIpc) is 2.69. The normalized spacial score (nSPS) is 21.0. The Balaban J connectivity index is 1.91. The second kappa shape index (κ2) is 4.23. The number of nitrogens with one attached hydrogen (secondary N) is 3. The third-order valence-electron chi connectivity index (χ3n) is 2.39. The minimum atomic E-state index is -0.162. The molecule has 1 aliphatic rings. The number of aromatic nitrogens is 2. The smallest absolute Gasteiger partial charge is 0.290 e. The van der Waals surface area contributed by atoms with Crippen LogP contribution in [0.25, 0.3) is 0 Å². The largest absolute Gasteiger partial charge is 0.364 e. The first-order chi connectivity index (χ1) is 6.86. The summed E-state index contributed by atoms with van der Waals surface area (Å²) in [7, 11) is 0. The number of H-pyrrole nitrogens is 1. The van der Waals surface area contributed by atoms with E-state index in [1.54, 1.807) is 6.20 Å². The van der Waals surface area contributed by atoms with Crippen molar-refractivity contribution in [2.75, 3.05) is 18.4 Å². The molecule has 3 N–H and O–H groups in total. The molecule has 1 atom stereocenters. The number of rotatable bonds is 3. The van der Waals surface area contributed by atoms with Gasteiger partial charge in [0.25, 0.3) is 5.56 Å². The van der Waals surface area contributed by atoms with Crippen LogP contribution in [0, 0.1) is 0 Å². The maximum atomic E-state index is 11.2. The molecule has 0 radical (unpaired) electrons. The third-order valence-corrected chi connectivity index (χ3v) is 2.39. The van der Waals surface area contributed by atoms with E-state index in [0.717, 1.165) is 19.5 Å². The molecule has 1 aromatic rings. The molecule has 1 saturated heterocycles. The Morgan fingerprint density at radius 3 is 3.29 bits per heavy atom. The van der Waals surface area contributed by atoms with E-state index in [4.69, 9.17) is 0 Å². The Morgan fingerprint density at radius 1 is 1.64 bits per heavy atom. The molecule has 5 heteroatoms. The lowest BCUT2D eigenvalue weighted by Crippen LogP contribution is -2.31. The zero-order valence-electron chi connectivity index (χ0n) is 7.92. The Bertz CT molecular complexity index is 343. The van der Waals surface area contributed by atoms with Gasteiger partial charge in [-0.25, -0.2) is 4.98 Å². The van der Waals surface area contributed by atoms with Crippen molar-refractivity contribution in [3.05, 3.63) is 22.7 Å². The molecule has 2 heterocycles. The molecule has 0 amide bonds. The van der Waals surface area contributed by atoms with Gasteiger partial charge in [-0.3, -0.25) is 4.79 Å². The second-order valence-electron chi connectivity index (χ2n) is 3.44. The van der Waals surface area contributed by atoms with Crippen molar-refractivity contribution in [1.29, 1.82) is 0 Å². The van der Waals surface area contributed by atoms with Crippen LogP contribution in [0.15, 0.2) is 17.2 Å². The summed E-state index contributed by atoms with van der Waals surface area (Å²) in [4.78, 5) is 17.8. The highest BCUT2D eigenvalue weighted by Gasteiger charge is 2.13. The van der Waals surface area contributed by atoms with Crippen molar-refractivity contribution in [2.24, 2.45) is 0 Å². The molecular formula is C9H14N4O. The van der Waals surface area contributed by atoms with Crippen molar-refractivity contribution >= 4 is 5.82 Å². The highest BCUT2D eigenvalue weighted by atomic mass is 16.1. The van der Waals surface area contributed by atoms with E-state index < -0.39 is 0 Å². The topological polar surface area (TPSA) is 69.8 Å². The molecule has 2 rings (SSSR count). The molecule has 0 spiro atoms. The van der Waals surface area contributed by atoms with E-state index in [1.807, 2.05) is 0 Å². The fraction of sp³-hybridized carbons (Fsp3) is 0.556. The van der Waals surface area contributed by atoms with E-state index in [2.05, 4.69) is 20.6 Å². The molecular weight excluding hydrogens is 180 g/mol. The van der Waals surface area contributed by atoms with Crippen molar-refractivity contribution in [2.45, 2.75) is 18.9 Å². The van der Waals surface area contributed by atoms with Gasteiger partial charge in [0.15, 0.2) is 5.82 Å². The maximum Gasteiger partial charge on any atom is 0.290 e. The quantitative estimate of drug-likeness (QED) is 0.630. The SMILES string of the molecule is O=c1[nH]ccnc1NCC1CCCN1. The lowest BCUT2D eigenvalue weighted by molar-refractivity contribution is 0.632. The van der Waals surface area contributed by atoms with Crippen LogP contribution < -0.4 is 16.2 Å². The van der Waals surface area contributed by atoms with Crippen LogP contribution in [-0.2, 0) is 0 Å². The van der Waals surface area contributed by atoms with Gasteiger partial charge in [-0.2, -0.15) is 0 Å². The van der Waals surface area contributed by atoms with Gasteiger partial charge >= 0.3 is 0 Å². The minimum absolute atomic E-state index is 0.162. The van der Waals surface area contributed by atoms with Gasteiger partial charge in [0.1, 0.15) is 0 Å². The summed E-state index contributed by atoms with van der Waals surface area (Å²) in [5, 5.41) is 6.38. The summed E-state index contributed by atoms with van der Waals surface area (Å²) in [6.07, 6.45) is 5.48. The summed E-state index contributed by atoms with van der Waals surface area (Å²) in [6, 6.07) is 0.469. The molecule has 0 aromatic carbocycles. The molecule has 1 aromatic heterocycles. The van der Waals surface area contributed by atoms with Crippen LogP contribution in [0.4, 0.5) is 5.82 Å². The number of hydrogen-bond acceptors (Lipinski definition) is 4. The Kier molecular flexibility index (Phi) is 2.78. The molecule has 0 bridgehead atoms. The van der Waals surface area contributed by atoms with Crippen LogP contribution in [0.5, 0.6) is 0 Å². The van der Waals surface area contributed by atoms with Crippen LogP contribution in [0.1, 0.15) is 12.8 Å². The lowest BCUT2D eigenvalue weighted by atomic mass is 10.2. The van der Waals surface area contributed by atoms with E-state index in [-0.39, 0.29) is 5.56 Å². The summed E-state index contributed by atoms with van der Waals surface area (Å²) >= 11 is 0. The van der Waals surface area contributed by atoms with Gasteiger partial charge in [-0.15, -0.1) is 0 Å². The molecule has 1 fully saturated rings. The molecule has 1 unspecified atom stereocenters. The monoisotopic (exact) mass is 194 g/mol. The summed E-state index contributed by atoms with van der Waals surface area (Å²) in [6.45, 7) is 1.84. The Labute approximate surface area is 82.0 Å². The zero-order valence-corrected chi connectivity index (χ0v) is 7.92. The third kappa shape index (κ3) is 2.11. The first kappa shape index (κ1) is 9.21. The number of aromatic amines is 1. The predicted octanol–water partition coefficient (Wildman–Crippen LogP) is -0.0662. The average molecular weight is 194 g/mol. The van der Waals surface area contributed by atoms with Crippen LogP contribution in [-0.4, -0.2) is 29.1 Å². The zero-order chi connectivity index (χ0) is 9.80. The fourth-order valence-electron chi connectivity index (χ4n) is 1.63. The van der Waals surface area contributed by atoms with Crippen LogP contribution in [0.3, 0.4) is 0 Å². The summed E-state index contributed by atoms with van der Waals surface area (Å²) in [5.74, 6) is 0.404. The predicted molar refractivity (Wildman–Crippen MR) is 54.4 cm³/mol. The van der Waals surface area contributed by atoms with Gasteiger partial charge in [0.05, 0.1) is 0 Å². The van der Waals surface area contributed by atoms with Gasteiger partial charge < -0.3 is 15.6 Å². The van der Waals surface area contributed by atoms with Gasteiger partial charge in [0, 0.05) is 25.0 Å². The molecule has 0 saturated carbocycles. The molecule has 14 heavy (non-hydrogen) atoms. The standard InChI is InChI=1S/C9H14N4O/c14-9-8(11-4-5-12-9)13-6-7-2-1-3-10-7/h4-5,7,10H,1-3,6H2,(H,11,13)(H,12,14). The summed E-state index contributed by atoms with van der Waals surface area (Å²) < 4.78 is 0.